The SMILES string of the molecule is CCNC(Cc1cccc(Br)c1)C(C)OCC. The normalized spacial score (nSPS) is 14.6. The van der Waals surface area contributed by atoms with Crippen LogP contribution in [-0.2, 0) is 11.2 Å². The van der Waals surface area contributed by atoms with Gasteiger partial charge < -0.3 is 10.1 Å². The summed E-state index contributed by atoms with van der Waals surface area (Å²) in [6.45, 7) is 8.04. The Hall–Kier alpha value is -0.380. The lowest BCUT2D eigenvalue weighted by molar-refractivity contribution is 0.0480. The number of halogens is 1. The Balaban J connectivity index is 2.65. The molecule has 96 valence electrons. The molecule has 0 spiro atoms. The monoisotopic (exact) mass is 299 g/mol. The van der Waals surface area contributed by atoms with Crippen LogP contribution in [0.15, 0.2) is 28.7 Å². The van der Waals surface area contributed by atoms with Gasteiger partial charge in [0.05, 0.1) is 6.10 Å². The van der Waals surface area contributed by atoms with Gasteiger partial charge in [0, 0.05) is 17.1 Å². The molecule has 0 aliphatic rings. The van der Waals surface area contributed by atoms with Crippen LogP contribution in [0, 0.1) is 0 Å². The number of benzene rings is 1. The number of hydrogen-bond acceptors (Lipinski definition) is 2. The number of rotatable bonds is 7. The minimum absolute atomic E-state index is 0.235. The second-order valence-corrected chi connectivity index (χ2v) is 5.07. The first-order valence-electron chi connectivity index (χ1n) is 6.26. The van der Waals surface area contributed by atoms with Crippen molar-refractivity contribution < 1.29 is 4.74 Å². The fourth-order valence-corrected chi connectivity index (χ4v) is 2.41. The Kier molecular flexibility index (Phi) is 6.78. The van der Waals surface area contributed by atoms with Crippen molar-refractivity contribution in [2.45, 2.75) is 39.3 Å². The third-order valence-electron chi connectivity index (χ3n) is 2.81. The number of nitrogens with one attached hydrogen (secondary N) is 1. The van der Waals surface area contributed by atoms with Crippen LogP contribution in [0.5, 0.6) is 0 Å². The van der Waals surface area contributed by atoms with E-state index in [1.54, 1.807) is 0 Å². The van der Waals surface area contributed by atoms with Gasteiger partial charge in [0.1, 0.15) is 0 Å². The highest BCUT2D eigenvalue weighted by Crippen LogP contribution is 2.14. The molecule has 2 atom stereocenters. The van der Waals surface area contributed by atoms with Gasteiger partial charge in [-0.3, -0.25) is 0 Å². The third kappa shape index (κ3) is 5.19. The van der Waals surface area contributed by atoms with E-state index in [1.165, 1.54) is 5.56 Å². The van der Waals surface area contributed by atoms with E-state index >= 15 is 0 Å². The fourth-order valence-electron chi connectivity index (χ4n) is 1.96. The Morgan fingerprint density at radius 2 is 2.12 bits per heavy atom. The van der Waals surface area contributed by atoms with E-state index in [-0.39, 0.29) is 6.10 Å². The zero-order chi connectivity index (χ0) is 12.7. The maximum Gasteiger partial charge on any atom is 0.0703 e. The maximum absolute atomic E-state index is 5.68. The Morgan fingerprint density at radius 1 is 1.35 bits per heavy atom. The van der Waals surface area contributed by atoms with Crippen LogP contribution in [-0.4, -0.2) is 25.3 Å². The molecule has 0 saturated carbocycles. The first-order chi connectivity index (χ1) is 8.17. The topological polar surface area (TPSA) is 21.3 Å². The second kappa shape index (κ2) is 7.85. The number of ether oxygens (including phenoxy) is 1. The zero-order valence-corrected chi connectivity index (χ0v) is 12.5. The lowest BCUT2D eigenvalue weighted by Gasteiger charge is -2.24. The van der Waals surface area contributed by atoms with Gasteiger partial charge in [0.15, 0.2) is 0 Å². The number of likely N-dealkylation sites (N-methyl/N-ethyl adjacent to an activating group) is 1. The highest BCUT2D eigenvalue weighted by molar-refractivity contribution is 9.10. The molecule has 1 aromatic carbocycles. The van der Waals surface area contributed by atoms with Crippen LogP contribution < -0.4 is 5.32 Å². The molecule has 0 radical (unpaired) electrons. The molecule has 2 unspecified atom stereocenters. The summed E-state index contributed by atoms with van der Waals surface area (Å²) < 4.78 is 6.82. The van der Waals surface area contributed by atoms with Crippen LogP contribution in [0.25, 0.3) is 0 Å². The van der Waals surface area contributed by atoms with Crippen molar-refractivity contribution in [2.24, 2.45) is 0 Å². The molecule has 1 N–H and O–H groups in total. The first-order valence-corrected chi connectivity index (χ1v) is 7.06. The molecule has 17 heavy (non-hydrogen) atoms. The number of hydrogen-bond donors (Lipinski definition) is 1. The van der Waals surface area contributed by atoms with E-state index in [9.17, 15) is 0 Å². The zero-order valence-electron chi connectivity index (χ0n) is 10.9. The Morgan fingerprint density at radius 3 is 2.71 bits per heavy atom. The molecule has 3 heteroatoms. The van der Waals surface area contributed by atoms with Crippen molar-refractivity contribution >= 4 is 15.9 Å². The van der Waals surface area contributed by atoms with E-state index < -0.39 is 0 Å². The molecule has 0 aliphatic carbocycles. The quantitative estimate of drug-likeness (QED) is 0.833. The van der Waals surface area contributed by atoms with Gasteiger partial charge in [-0.25, -0.2) is 0 Å². The van der Waals surface area contributed by atoms with Gasteiger partial charge >= 0.3 is 0 Å². The summed E-state index contributed by atoms with van der Waals surface area (Å²) in [6, 6.07) is 8.83. The molecule has 0 aliphatic heterocycles. The standard InChI is InChI=1S/C14H22BrNO/c1-4-16-14(11(3)17-5-2)10-12-7-6-8-13(15)9-12/h6-9,11,14,16H,4-5,10H2,1-3H3. The minimum atomic E-state index is 0.235. The van der Waals surface area contributed by atoms with E-state index in [0.29, 0.717) is 6.04 Å². The molecule has 1 aromatic rings. The highest BCUT2D eigenvalue weighted by atomic mass is 79.9. The summed E-state index contributed by atoms with van der Waals surface area (Å²) in [6.07, 6.45) is 1.23. The van der Waals surface area contributed by atoms with Crippen molar-refractivity contribution in [3.8, 4) is 0 Å². The molecule has 0 aromatic heterocycles. The van der Waals surface area contributed by atoms with E-state index in [4.69, 9.17) is 4.74 Å². The van der Waals surface area contributed by atoms with Crippen LogP contribution in [0.3, 0.4) is 0 Å². The average Bonchev–Trinajstić information content (AvgIpc) is 2.29. The van der Waals surface area contributed by atoms with Gasteiger partial charge in [0.25, 0.3) is 0 Å². The van der Waals surface area contributed by atoms with Gasteiger partial charge in [-0.05, 0) is 44.5 Å². The van der Waals surface area contributed by atoms with E-state index in [2.05, 4.69) is 59.4 Å². The summed E-state index contributed by atoms with van der Waals surface area (Å²) in [5.74, 6) is 0. The Labute approximate surface area is 113 Å². The van der Waals surface area contributed by atoms with E-state index in [0.717, 1.165) is 24.0 Å². The molecular weight excluding hydrogens is 278 g/mol. The molecule has 0 saturated heterocycles. The van der Waals surface area contributed by atoms with Crippen LogP contribution in [0.4, 0.5) is 0 Å². The average molecular weight is 300 g/mol. The summed E-state index contributed by atoms with van der Waals surface area (Å²) >= 11 is 3.51. The van der Waals surface area contributed by atoms with Crippen molar-refractivity contribution in [1.82, 2.24) is 5.32 Å². The minimum Gasteiger partial charge on any atom is -0.377 e. The summed E-state index contributed by atoms with van der Waals surface area (Å²) in [5.41, 5.74) is 1.33. The van der Waals surface area contributed by atoms with Gasteiger partial charge in [-0.15, -0.1) is 0 Å². The second-order valence-electron chi connectivity index (χ2n) is 4.16. The molecule has 0 amide bonds. The molecular formula is C14H22BrNO. The maximum atomic E-state index is 5.68. The fraction of sp³-hybridized carbons (Fsp3) is 0.571. The summed E-state index contributed by atoms with van der Waals surface area (Å²) in [5, 5.41) is 3.49. The Bertz CT molecular complexity index is 330. The van der Waals surface area contributed by atoms with Gasteiger partial charge in [-0.1, -0.05) is 35.0 Å². The van der Waals surface area contributed by atoms with Crippen LogP contribution in [0.1, 0.15) is 26.3 Å². The van der Waals surface area contributed by atoms with Crippen molar-refractivity contribution in [3.63, 3.8) is 0 Å². The van der Waals surface area contributed by atoms with Gasteiger partial charge in [0.2, 0.25) is 0 Å². The molecule has 1 rings (SSSR count). The summed E-state index contributed by atoms with van der Waals surface area (Å²) in [4.78, 5) is 0. The molecule has 0 fully saturated rings. The van der Waals surface area contributed by atoms with Crippen LogP contribution >= 0.6 is 15.9 Å². The smallest absolute Gasteiger partial charge is 0.0703 e. The molecule has 2 nitrogen and oxygen atoms in total. The summed E-state index contributed by atoms with van der Waals surface area (Å²) in [7, 11) is 0. The van der Waals surface area contributed by atoms with Crippen molar-refractivity contribution in [1.29, 1.82) is 0 Å². The lowest BCUT2D eigenvalue weighted by Crippen LogP contribution is -2.41. The predicted molar refractivity (Wildman–Crippen MR) is 76.4 cm³/mol. The molecule has 0 heterocycles. The van der Waals surface area contributed by atoms with Crippen molar-refractivity contribution in [2.75, 3.05) is 13.2 Å². The highest BCUT2D eigenvalue weighted by Gasteiger charge is 2.16. The van der Waals surface area contributed by atoms with Crippen molar-refractivity contribution in [3.05, 3.63) is 34.3 Å². The first kappa shape index (κ1) is 14.7. The molecule has 0 bridgehead atoms. The van der Waals surface area contributed by atoms with E-state index in [1.807, 2.05) is 6.92 Å². The largest absolute Gasteiger partial charge is 0.377 e. The van der Waals surface area contributed by atoms with Crippen LogP contribution in [0.2, 0.25) is 0 Å². The third-order valence-corrected chi connectivity index (χ3v) is 3.30. The lowest BCUT2D eigenvalue weighted by atomic mass is 10.0. The predicted octanol–water partition coefficient (Wildman–Crippen LogP) is 3.39. The van der Waals surface area contributed by atoms with Gasteiger partial charge in [-0.2, -0.15) is 0 Å².